The molecular formula is C14H8BrFN2OS. The highest BCUT2D eigenvalue weighted by Gasteiger charge is 2.12. The summed E-state index contributed by atoms with van der Waals surface area (Å²) in [5.41, 5.74) is 0.690. The first kappa shape index (κ1) is 14.6. The second kappa shape index (κ2) is 6.07. The molecule has 0 bridgehead atoms. The SMILES string of the molecule is N#Cc1cc(F)ccc1NC(=O)c1ccc(Br)cc1S. The van der Waals surface area contributed by atoms with Gasteiger partial charge in [0.05, 0.1) is 16.8 Å². The largest absolute Gasteiger partial charge is 0.321 e. The van der Waals surface area contributed by atoms with Crippen LogP contribution in [0.4, 0.5) is 10.1 Å². The van der Waals surface area contributed by atoms with Crippen LogP contribution in [0.5, 0.6) is 0 Å². The Morgan fingerprint density at radius 1 is 1.30 bits per heavy atom. The van der Waals surface area contributed by atoms with Crippen molar-refractivity contribution in [2.75, 3.05) is 5.32 Å². The van der Waals surface area contributed by atoms with Gasteiger partial charge in [0.15, 0.2) is 0 Å². The van der Waals surface area contributed by atoms with Crippen LogP contribution in [0.2, 0.25) is 0 Å². The zero-order valence-corrected chi connectivity index (χ0v) is 12.5. The quantitative estimate of drug-likeness (QED) is 0.804. The summed E-state index contributed by atoms with van der Waals surface area (Å²) in [6.07, 6.45) is 0. The predicted molar refractivity (Wildman–Crippen MR) is 80.5 cm³/mol. The van der Waals surface area contributed by atoms with Crippen molar-refractivity contribution >= 4 is 40.2 Å². The van der Waals surface area contributed by atoms with Gasteiger partial charge < -0.3 is 5.32 Å². The standard InChI is InChI=1S/C14H8BrFN2OS/c15-9-1-3-11(13(20)6-9)14(19)18-12-4-2-10(16)5-8(12)7-17/h1-6,20H,(H,18,19). The molecule has 3 nitrogen and oxygen atoms in total. The molecule has 0 aliphatic rings. The molecule has 0 heterocycles. The number of rotatable bonds is 2. The van der Waals surface area contributed by atoms with Crippen LogP contribution >= 0.6 is 28.6 Å². The van der Waals surface area contributed by atoms with E-state index in [1.165, 1.54) is 12.1 Å². The summed E-state index contributed by atoms with van der Waals surface area (Å²) in [6, 6.07) is 10.4. The van der Waals surface area contributed by atoms with Gasteiger partial charge in [-0.3, -0.25) is 4.79 Å². The Morgan fingerprint density at radius 2 is 2.05 bits per heavy atom. The van der Waals surface area contributed by atoms with Gasteiger partial charge in [0.2, 0.25) is 0 Å². The summed E-state index contributed by atoms with van der Waals surface area (Å²) < 4.78 is 13.8. The number of hydrogen-bond donors (Lipinski definition) is 2. The Morgan fingerprint density at radius 3 is 2.70 bits per heavy atom. The third-order valence-electron chi connectivity index (χ3n) is 2.55. The molecule has 1 N–H and O–H groups in total. The van der Waals surface area contributed by atoms with E-state index in [1.54, 1.807) is 18.2 Å². The highest BCUT2D eigenvalue weighted by atomic mass is 79.9. The first-order valence-electron chi connectivity index (χ1n) is 5.51. The van der Waals surface area contributed by atoms with E-state index in [9.17, 15) is 9.18 Å². The zero-order valence-electron chi connectivity index (χ0n) is 10.0. The number of amides is 1. The van der Waals surface area contributed by atoms with Crippen LogP contribution in [-0.4, -0.2) is 5.91 Å². The summed E-state index contributed by atoms with van der Waals surface area (Å²) in [5.74, 6) is -0.941. The molecule has 0 unspecified atom stereocenters. The van der Waals surface area contributed by atoms with Crippen LogP contribution in [0.1, 0.15) is 15.9 Å². The second-order valence-corrected chi connectivity index (χ2v) is 5.31. The lowest BCUT2D eigenvalue weighted by Gasteiger charge is -2.09. The number of anilines is 1. The number of nitrogens with zero attached hydrogens (tertiary/aromatic N) is 1. The molecule has 0 saturated heterocycles. The lowest BCUT2D eigenvalue weighted by molar-refractivity contribution is 0.102. The van der Waals surface area contributed by atoms with Gasteiger partial charge in [-0.25, -0.2) is 4.39 Å². The van der Waals surface area contributed by atoms with Crippen molar-refractivity contribution in [1.29, 1.82) is 5.26 Å². The molecule has 2 aromatic carbocycles. The number of carbonyl (C=O) groups is 1. The predicted octanol–water partition coefficient (Wildman–Crippen LogP) is 4.00. The lowest BCUT2D eigenvalue weighted by atomic mass is 10.1. The van der Waals surface area contributed by atoms with Gasteiger partial charge in [-0.05, 0) is 36.4 Å². The molecule has 1 amide bonds. The van der Waals surface area contributed by atoms with E-state index < -0.39 is 11.7 Å². The van der Waals surface area contributed by atoms with E-state index in [1.807, 2.05) is 6.07 Å². The fraction of sp³-hybridized carbons (Fsp3) is 0. The maximum absolute atomic E-state index is 13.0. The number of benzene rings is 2. The molecule has 0 fully saturated rings. The Labute approximate surface area is 129 Å². The molecular weight excluding hydrogens is 343 g/mol. The van der Waals surface area contributed by atoms with Gasteiger partial charge >= 0.3 is 0 Å². The summed E-state index contributed by atoms with van der Waals surface area (Å²) in [7, 11) is 0. The molecule has 0 aromatic heterocycles. The molecule has 0 atom stereocenters. The maximum atomic E-state index is 13.0. The molecule has 0 radical (unpaired) electrons. The molecule has 0 spiro atoms. The van der Waals surface area contributed by atoms with Gasteiger partial charge in [-0.2, -0.15) is 5.26 Å². The number of halogens is 2. The summed E-state index contributed by atoms with van der Waals surface area (Å²) in [4.78, 5) is 12.6. The topological polar surface area (TPSA) is 52.9 Å². The van der Waals surface area contributed by atoms with E-state index in [0.29, 0.717) is 10.5 Å². The molecule has 2 aromatic rings. The van der Waals surface area contributed by atoms with Crippen LogP contribution < -0.4 is 5.32 Å². The van der Waals surface area contributed by atoms with Crippen molar-refractivity contribution in [3.63, 3.8) is 0 Å². The third kappa shape index (κ3) is 3.18. The van der Waals surface area contributed by atoms with Crippen molar-refractivity contribution in [1.82, 2.24) is 0 Å². The number of hydrogen-bond acceptors (Lipinski definition) is 3. The Balaban J connectivity index is 2.31. The van der Waals surface area contributed by atoms with Crippen molar-refractivity contribution in [3.8, 4) is 6.07 Å². The van der Waals surface area contributed by atoms with Gasteiger partial charge in [0.1, 0.15) is 11.9 Å². The average molecular weight is 351 g/mol. The first-order valence-corrected chi connectivity index (χ1v) is 6.75. The minimum atomic E-state index is -0.530. The fourth-order valence-corrected chi connectivity index (χ4v) is 2.46. The van der Waals surface area contributed by atoms with Gasteiger partial charge in [-0.15, -0.1) is 12.6 Å². The highest BCUT2D eigenvalue weighted by molar-refractivity contribution is 9.10. The maximum Gasteiger partial charge on any atom is 0.256 e. The number of nitrogens with one attached hydrogen (secondary N) is 1. The van der Waals surface area contributed by atoms with Crippen molar-refractivity contribution in [2.45, 2.75) is 4.90 Å². The number of nitriles is 1. The molecule has 20 heavy (non-hydrogen) atoms. The molecule has 100 valence electrons. The van der Waals surface area contributed by atoms with E-state index in [0.717, 1.165) is 10.5 Å². The van der Waals surface area contributed by atoms with Crippen molar-refractivity contribution < 1.29 is 9.18 Å². The van der Waals surface area contributed by atoms with Gasteiger partial charge in [0.25, 0.3) is 5.91 Å². The normalized spacial score (nSPS) is 9.90. The van der Waals surface area contributed by atoms with Crippen LogP contribution in [0.25, 0.3) is 0 Å². The van der Waals surface area contributed by atoms with Gasteiger partial charge in [0, 0.05) is 9.37 Å². The summed E-state index contributed by atoms with van der Waals surface area (Å²) in [5, 5.41) is 11.5. The molecule has 0 aliphatic carbocycles. The van der Waals surface area contributed by atoms with Gasteiger partial charge in [-0.1, -0.05) is 15.9 Å². The van der Waals surface area contributed by atoms with Crippen LogP contribution in [0.3, 0.4) is 0 Å². The Bertz CT molecular complexity index is 728. The third-order valence-corrected chi connectivity index (χ3v) is 3.42. The van der Waals surface area contributed by atoms with Crippen LogP contribution in [0.15, 0.2) is 45.8 Å². The Hall–Kier alpha value is -1.84. The fourth-order valence-electron chi connectivity index (χ4n) is 1.60. The van der Waals surface area contributed by atoms with Crippen LogP contribution in [0, 0.1) is 17.1 Å². The highest BCUT2D eigenvalue weighted by Crippen LogP contribution is 2.22. The zero-order chi connectivity index (χ0) is 14.7. The summed E-state index contributed by atoms with van der Waals surface area (Å²) >= 11 is 7.50. The van der Waals surface area contributed by atoms with Crippen molar-refractivity contribution in [3.05, 3.63) is 57.8 Å². The van der Waals surface area contributed by atoms with Crippen LogP contribution in [-0.2, 0) is 0 Å². The van der Waals surface area contributed by atoms with E-state index in [2.05, 4.69) is 33.9 Å². The second-order valence-electron chi connectivity index (χ2n) is 3.92. The Kier molecular flexibility index (Phi) is 4.42. The summed E-state index contributed by atoms with van der Waals surface area (Å²) in [6.45, 7) is 0. The smallest absolute Gasteiger partial charge is 0.256 e. The molecule has 0 saturated carbocycles. The van der Waals surface area contributed by atoms with Crippen molar-refractivity contribution in [2.24, 2.45) is 0 Å². The van der Waals surface area contributed by atoms with E-state index in [-0.39, 0.29) is 11.3 Å². The minimum absolute atomic E-state index is 0.0659. The number of carbonyl (C=O) groups excluding carboxylic acids is 1. The van der Waals surface area contributed by atoms with E-state index >= 15 is 0 Å². The first-order chi connectivity index (χ1) is 9.51. The number of thiol groups is 1. The molecule has 6 heteroatoms. The molecule has 0 aliphatic heterocycles. The molecule has 2 rings (SSSR count). The monoisotopic (exact) mass is 350 g/mol. The average Bonchev–Trinajstić information content (AvgIpc) is 2.40. The van der Waals surface area contributed by atoms with E-state index in [4.69, 9.17) is 5.26 Å². The minimum Gasteiger partial charge on any atom is -0.321 e. The lowest BCUT2D eigenvalue weighted by Crippen LogP contribution is -2.13.